The van der Waals surface area contributed by atoms with E-state index in [0.717, 1.165) is 25.8 Å². The van der Waals surface area contributed by atoms with Crippen molar-refractivity contribution in [3.63, 3.8) is 0 Å². The van der Waals surface area contributed by atoms with Gasteiger partial charge in [-0.1, -0.05) is 19.8 Å². The molecule has 0 aromatic carbocycles. The van der Waals surface area contributed by atoms with Crippen LogP contribution >= 0.6 is 11.3 Å². The summed E-state index contributed by atoms with van der Waals surface area (Å²) in [7, 11) is 3.28. The van der Waals surface area contributed by atoms with Crippen molar-refractivity contribution in [3.05, 3.63) is 10.4 Å². The topological polar surface area (TPSA) is 101 Å². The summed E-state index contributed by atoms with van der Waals surface area (Å²) >= 11 is 1.18. The highest BCUT2D eigenvalue weighted by molar-refractivity contribution is 7.19. The summed E-state index contributed by atoms with van der Waals surface area (Å²) in [5, 5.41) is 3.73. The maximum Gasteiger partial charge on any atom is 0.265 e. The molecule has 0 atom stereocenters. The highest BCUT2D eigenvalue weighted by Crippen LogP contribution is 2.36. The molecule has 0 aliphatic carbocycles. The number of nitrogens with one attached hydrogen (secondary N) is 1. The number of carbonyl (C=O) groups excluding carboxylic acids is 2. The lowest BCUT2D eigenvalue weighted by Crippen LogP contribution is -2.22. The highest BCUT2D eigenvalue weighted by Gasteiger charge is 2.24. The lowest BCUT2D eigenvalue weighted by atomic mass is 10.2. The first kappa shape index (κ1) is 16.3. The molecule has 1 heterocycles. The molecule has 1 aromatic rings. The van der Waals surface area contributed by atoms with Crippen molar-refractivity contribution in [3.8, 4) is 0 Å². The van der Waals surface area contributed by atoms with Gasteiger partial charge in [0.1, 0.15) is 9.88 Å². The number of unbranched alkanes of at least 4 members (excludes halogenated alkanes) is 2. The molecule has 2 amide bonds. The number of anilines is 2. The van der Waals surface area contributed by atoms with Gasteiger partial charge in [-0.25, -0.2) is 0 Å². The monoisotopic (exact) mass is 298 g/mol. The van der Waals surface area contributed by atoms with E-state index < -0.39 is 5.91 Å². The zero-order valence-electron chi connectivity index (χ0n) is 12.2. The number of primary amides is 1. The normalized spacial score (nSPS) is 10.3. The van der Waals surface area contributed by atoms with Crippen molar-refractivity contribution in [2.75, 3.05) is 31.7 Å². The molecular weight excluding hydrogens is 276 g/mol. The molecule has 6 nitrogen and oxygen atoms in total. The van der Waals surface area contributed by atoms with Gasteiger partial charge in [0.25, 0.3) is 11.8 Å². The Morgan fingerprint density at radius 1 is 1.30 bits per heavy atom. The van der Waals surface area contributed by atoms with Crippen LogP contribution in [-0.2, 0) is 0 Å². The number of nitrogen functional groups attached to an aromatic ring is 1. The molecule has 0 aliphatic heterocycles. The first-order chi connectivity index (χ1) is 9.40. The summed E-state index contributed by atoms with van der Waals surface area (Å²) in [5.41, 5.74) is 11.6. The Morgan fingerprint density at radius 3 is 2.45 bits per heavy atom. The number of rotatable bonds is 7. The minimum Gasteiger partial charge on any atom is -0.397 e. The van der Waals surface area contributed by atoms with Gasteiger partial charge in [-0.05, 0) is 6.42 Å². The summed E-state index contributed by atoms with van der Waals surface area (Å²) in [6.07, 6.45) is 3.20. The SMILES string of the molecule is CCCCCNc1sc(C(=O)N(C)C)c(N)c1C(N)=O. The van der Waals surface area contributed by atoms with Gasteiger partial charge in [0.05, 0.1) is 11.3 Å². The van der Waals surface area contributed by atoms with Crippen LogP contribution in [0.3, 0.4) is 0 Å². The zero-order chi connectivity index (χ0) is 15.3. The molecule has 0 fully saturated rings. The maximum atomic E-state index is 12.0. The van der Waals surface area contributed by atoms with Crippen LogP contribution in [0.1, 0.15) is 46.2 Å². The Hall–Kier alpha value is -1.76. The number of hydrogen-bond donors (Lipinski definition) is 3. The first-order valence-electron chi connectivity index (χ1n) is 6.57. The van der Waals surface area contributed by atoms with Gasteiger partial charge >= 0.3 is 0 Å². The highest BCUT2D eigenvalue weighted by atomic mass is 32.1. The van der Waals surface area contributed by atoms with E-state index in [9.17, 15) is 9.59 Å². The largest absolute Gasteiger partial charge is 0.397 e. The van der Waals surface area contributed by atoms with Crippen LogP contribution in [-0.4, -0.2) is 37.4 Å². The van der Waals surface area contributed by atoms with Gasteiger partial charge in [-0.2, -0.15) is 0 Å². The number of hydrogen-bond acceptors (Lipinski definition) is 5. The molecule has 1 aromatic heterocycles. The number of thiophene rings is 1. The van der Waals surface area contributed by atoms with Crippen molar-refractivity contribution >= 4 is 33.8 Å². The van der Waals surface area contributed by atoms with Crippen LogP contribution < -0.4 is 16.8 Å². The zero-order valence-corrected chi connectivity index (χ0v) is 13.0. The molecule has 0 saturated carbocycles. The molecule has 0 spiro atoms. The number of nitrogens with zero attached hydrogens (tertiary/aromatic N) is 1. The predicted octanol–water partition coefficient (Wildman–Crippen LogP) is 1.73. The van der Waals surface area contributed by atoms with E-state index >= 15 is 0 Å². The van der Waals surface area contributed by atoms with Crippen molar-refractivity contribution in [1.82, 2.24) is 4.90 Å². The third kappa shape index (κ3) is 3.63. The van der Waals surface area contributed by atoms with Gasteiger partial charge in [0, 0.05) is 20.6 Å². The number of carbonyl (C=O) groups is 2. The fourth-order valence-electron chi connectivity index (χ4n) is 1.75. The number of nitrogens with two attached hydrogens (primary N) is 2. The molecule has 5 N–H and O–H groups in total. The molecule has 20 heavy (non-hydrogen) atoms. The summed E-state index contributed by atoms with van der Waals surface area (Å²) < 4.78 is 0. The Morgan fingerprint density at radius 2 is 1.95 bits per heavy atom. The van der Waals surface area contributed by atoms with Crippen LogP contribution in [0.15, 0.2) is 0 Å². The van der Waals surface area contributed by atoms with Crippen molar-refractivity contribution < 1.29 is 9.59 Å². The minimum absolute atomic E-state index is 0.166. The second kappa shape index (κ2) is 7.14. The standard InChI is InChI=1S/C13H22N4O2S/c1-4-5-6-7-16-12-8(11(15)18)9(14)10(20-12)13(19)17(2)3/h16H,4-7,14H2,1-3H3,(H2,15,18). The number of amides is 2. The molecule has 7 heteroatoms. The molecule has 112 valence electrons. The third-order valence-corrected chi connectivity index (χ3v) is 4.01. The van der Waals surface area contributed by atoms with Gasteiger partial charge in [0.15, 0.2) is 0 Å². The van der Waals surface area contributed by atoms with E-state index in [4.69, 9.17) is 11.5 Å². The lowest BCUT2D eigenvalue weighted by molar-refractivity contribution is 0.0833. The van der Waals surface area contributed by atoms with Gasteiger partial charge in [-0.15, -0.1) is 11.3 Å². The second-order valence-electron chi connectivity index (χ2n) is 4.75. The Balaban J connectivity index is 3.01. The summed E-state index contributed by atoms with van der Waals surface area (Å²) in [6.45, 7) is 2.84. The third-order valence-electron chi connectivity index (χ3n) is 2.86. The average molecular weight is 298 g/mol. The summed E-state index contributed by atoms with van der Waals surface area (Å²) in [4.78, 5) is 25.3. The average Bonchev–Trinajstić information content (AvgIpc) is 2.70. The molecule has 0 aliphatic rings. The molecular formula is C13H22N4O2S. The predicted molar refractivity (Wildman–Crippen MR) is 83.3 cm³/mol. The van der Waals surface area contributed by atoms with Crippen LogP contribution in [0, 0.1) is 0 Å². The van der Waals surface area contributed by atoms with E-state index in [-0.39, 0.29) is 17.2 Å². The molecule has 1 rings (SSSR count). The van der Waals surface area contributed by atoms with E-state index in [1.807, 2.05) is 0 Å². The van der Waals surface area contributed by atoms with E-state index in [1.54, 1.807) is 14.1 Å². The fraction of sp³-hybridized carbons (Fsp3) is 0.538. The first-order valence-corrected chi connectivity index (χ1v) is 7.39. The van der Waals surface area contributed by atoms with Crippen LogP contribution in [0.2, 0.25) is 0 Å². The Kier molecular flexibility index (Phi) is 5.82. The van der Waals surface area contributed by atoms with Crippen LogP contribution in [0.25, 0.3) is 0 Å². The summed E-state index contributed by atoms with van der Waals surface area (Å²) in [6, 6.07) is 0. The van der Waals surface area contributed by atoms with Gasteiger partial charge in [0.2, 0.25) is 0 Å². The molecule has 0 unspecified atom stereocenters. The smallest absolute Gasteiger partial charge is 0.265 e. The molecule has 0 saturated heterocycles. The second-order valence-corrected chi connectivity index (χ2v) is 5.77. The van der Waals surface area contributed by atoms with E-state index in [2.05, 4.69) is 12.2 Å². The van der Waals surface area contributed by atoms with Crippen LogP contribution in [0.5, 0.6) is 0 Å². The Labute approximate surface area is 123 Å². The molecule has 0 bridgehead atoms. The van der Waals surface area contributed by atoms with E-state index in [0.29, 0.717) is 9.88 Å². The maximum absolute atomic E-state index is 12.0. The quantitative estimate of drug-likeness (QED) is 0.667. The van der Waals surface area contributed by atoms with Crippen molar-refractivity contribution in [1.29, 1.82) is 0 Å². The lowest BCUT2D eigenvalue weighted by Gasteiger charge is -2.08. The van der Waals surface area contributed by atoms with Crippen LogP contribution in [0.4, 0.5) is 10.7 Å². The fourth-order valence-corrected chi connectivity index (χ4v) is 2.92. The Bertz CT molecular complexity index is 497. The van der Waals surface area contributed by atoms with Gasteiger partial charge in [-0.3, -0.25) is 9.59 Å². The minimum atomic E-state index is -0.616. The van der Waals surface area contributed by atoms with E-state index in [1.165, 1.54) is 16.2 Å². The molecule has 0 radical (unpaired) electrons. The van der Waals surface area contributed by atoms with Crippen molar-refractivity contribution in [2.45, 2.75) is 26.2 Å². The summed E-state index contributed by atoms with van der Waals surface area (Å²) in [5.74, 6) is -0.842. The van der Waals surface area contributed by atoms with Crippen molar-refractivity contribution in [2.24, 2.45) is 5.73 Å². The van der Waals surface area contributed by atoms with Gasteiger partial charge < -0.3 is 21.7 Å².